The lowest BCUT2D eigenvalue weighted by Gasteiger charge is -2.18. The molecule has 1 aromatic carbocycles. The van der Waals surface area contributed by atoms with Crippen molar-refractivity contribution in [3.8, 4) is 0 Å². The molecule has 0 aliphatic rings. The number of anilines is 1. The number of nitrogens with zero attached hydrogens (tertiary/aromatic N) is 3. The lowest BCUT2D eigenvalue weighted by molar-refractivity contribution is 0.607. The summed E-state index contributed by atoms with van der Waals surface area (Å²) in [5.41, 5.74) is 6.20. The molecule has 4 nitrogen and oxygen atoms in total. The van der Waals surface area contributed by atoms with Crippen LogP contribution in [-0.2, 0) is 13.0 Å². The summed E-state index contributed by atoms with van der Waals surface area (Å²) in [6.07, 6.45) is 2.28. The van der Waals surface area contributed by atoms with E-state index in [0.717, 1.165) is 10.3 Å². The molecule has 6 heteroatoms. The molecule has 20 heavy (non-hydrogen) atoms. The van der Waals surface area contributed by atoms with Crippen LogP contribution < -0.4 is 10.6 Å². The highest BCUT2D eigenvalue weighted by Crippen LogP contribution is 2.17. The molecule has 0 unspecified atom stereocenters. The second-order valence-electron chi connectivity index (χ2n) is 4.44. The third kappa shape index (κ3) is 3.74. The summed E-state index contributed by atoms with van der Waals surface area (Å²) in [5.74, 6) is 1.20. The molecule has 0 spiro atoms. The standard InChI is InChI=1S/C14H16BrFN4/c1-20(14-4-6-18-13(9-17)19-14)7-5-10-8-11(15)2-3-12(10)16/h2-4,6,8H,5,7,9,17H2,1H3. The Balaban J connectivity index is 2.04. The number of aromatic nitrogens is 2. The molecule has 0 saturated carbocycles. The average Bonchev–Trinajstić information content (AvgIpc) is 2.48. The van der Waals surface area contributed by atoms with Gasteiger partial charge in [0.2, 0.25) is 0 Å². The maximum atomic E-state index is 13.7. The van der Waals surface area contributed by atoms with E-state index in [1.165, 1.54) is 6.07 Å². The van der Waals surface area contributed by atoms with E-state index in [-0.39, 0.29) is 5.82 Å². The summed E-state index contributed by atoms with van der Waals surface area (Å²) in [6, 6.07) is 6.78. The summed E-state index contributed by atoms with van der Waals surface area (Å²) in [5, 5.41) is 0. The van der Waals surface area contributed by atoms with Gasteiger partial charge in [0.1, 0.15) is 17.5 Å². The van der Waals surface area contributed by atoms with E-state index >= 15 is 0 Å². The van der Waals surface area contributed by atoms with Crippen molar-refractivity contribution in [1.29, 1.82) is 0 Å². The molecule has 0 bridgehead atoms. The monoisotopic (exact) mass is 338 g/mol. The van der Waals surface area contributed by atoms with Gasteiger partial charge in [-0.2, -0.15) is 0 Å². The zero-order valence-corrected chi connectivity index (χ0v) is 12.8. The second kappa shape index (κ2) is 6.76. The number of likely N-dealkylation sites (N-methyl/N-ethyl adjacent to an activating group) is 1. The summed E-state index contributed by atoms with van der Waals surface area (Å²) in [7, 11) is 1.92. The molecule has 2 N–H and O–H groups in total. The third-order valence-electron chi connectivity index (χ3n) is 2.99. The predicted octanol–water partition coefficient (Wildman–Crippen LogP) is 2.52. The van der Waals surface area contributed by atoms with Crippen LogP contribution in [0.15, 0.2) is 34.9 Å². The summed E-state index contributed by atoms with van der Waals surface area (Å²) >= 11 is 3.35. The number of hydrogen-bond acceptors (Lipinski definition) is 4. The summed E-state index contributed by atoms with van der Waals surface area (Å²) in [6.45, 7) is 0.969. The fourth-order valence-corrected chi connectivity index (χ4v) is 2.25. The first-order chi connectivity index (χ1) is 9.60. The van der Waals surface area contributed by atoms with Crippen LogP contribution in [0.2, 0.25) is 0 Å². The lowest BCUT2D eigenvalue weighted by atomic mass is 10.1. The number of halogens is 2. The SMILES string of the molecule is CN(CCc1cc(Br)ccc1F)c1ccnc(CN)n1. The van der Waals surface area contributed by atoms with Crippen LogP contribution in [0.5, 0.6) is 0 Å². The smallest absolute Gasteiger partial charge is 0.144 e. The van der Waals surface area contributed by atoms with E-state index in [4.69, 9.17) is 5.73 Å². The Morgan fingerprint density at radius 2 is 2.15 bits per heavy atom. The average molecular weight is 339 g/mol. The Labute approximate surface area is 126 Å². The zero-order valence-electron chi connectivity index (χ0n) is 11.2. The number of benzene rings is 1. The highest BCUT2D eigenvalue weighted by Gasteiger charge is 2.07. The topological polar surface area (TPSA) is 55.0 Å². The molecule has 0 amide bonds. The van der Waals surface area contributed by atoms with Gasteiger partial charge in [-0.15, -0.1) is 0 Å². The van der Waals surface area contributed by atoms with Crippen molar-refractivity contribution < 1.29 is 4.39 Å². The Kier molecular flexibility index (Phi) is 5.03. The highest BCUT2D eigenvalue weighted by molar-refractivity contribution is 9.10. The van der Waals surface area contributed by atoms with Crippen LogP contribution in [0, 0.1) is 5.82 Å². The Morgan fingerprint density at radius 1 is 1.35 bits per heavy atom. The van der Waals surface area contributed by atoms with Crippen molar-refractivity contribution in [3.05, 3.63) is 52.1 Å². The van der Waals surface area contributed by atoms with Gasteiger partial charge in [0.15, 0.2) is 0 Å². The van der Waals surface area contributed by atoms with Gasteiger partial charge in [0.05, 0.1) is 6.54 Å². The Bertz CT molecular complexity index is 591. The van der Waals surface area contributed by atoms with E-state index in [9.17, 15) is 4.39 Å². The first-order valence-electron chi connectivity index (χ1n) is 6.27. The normalized spacial score (nSPS) is 10.6. The molecule has 0 radical (unpaired) electrons. The first-order valence-corrected chi connectivity index (χ1v) is 7.06. The fraction of sp³-hybridized carbons (Fsp3) is 0.286. The molecule has 1 aromatic heterocycles. The van der Waals surface area contributed by atoms with Crippen molar-refractivity contribution >= 4 is 21.7 Å². The molecule has 106 valence electrons. The van der Waals surface area contributed by atoms with E-state index in [1.54, 1.807) is 18.3 Å². The van der Waals surface area contributed by atoms with Crippen molar-refractivity contribution in [2.75, 3.05) is 18.5 Å². The van der Waals surface area contributed by atoms with Gasteiger partial charge in [-0.05, 0) is 36.2 Å². The lowest BCUT2D eigenvalue weighted by Crippen LogP contribution is -2.22. The maximum absolute atomic E-state index is 13.7. The molecule has 1 heterocycles. The van der Waals surface area contributed by atoms with Crippen LogP contribution in [-0.4, -0.2) is 23.6 Å². The van der Waals surface area contributed by atoms with Crippen molar-refractivity contribution in [2.45, 2.75) is 13.0 Å². The van der Waals surface area contributed by atoms with Crippen LogP contribution in [0.4, 0.5) is 10.2 Å². The van der Waals surface area contributed by atoms with Crippen LogP contribution >= 0.6 is 15.9 Å². The van der Waals surface area contributed by atoms with E-state index in [2.05, 4.69) is 25.9 Å². The molecule has 0 aliphatic heterocycles. The van der Waals surface area contributed by atoms with Crippen LogP contribution in [0.3, 0.4) is 0 Å². The Morgan fingerprint density at radius 3 is 2.90 bits per heavy atom. The molecule has 0 saturated heterocycles. The maximum Gasteiger partial charge on any atom is 0.144 e. The van der Waals surface area contributed by atoms with Crippen LogP contribution in [0.1, 0.15) is 11.4 Å². The molecule has 2 aromatic rings. The number of hydrogen-bond donors (Lipinski definition) is 1. The van der Waals surface area contributed by atoms with Gasteiger partial charge in [-0.25, -0.2) is 14.4 Å². The van der Waals surface area contributed by atoms with Crippen molar-refractivity contribution in [3.63, 3.8) is 0 Å². The predicted molar refractivity (Wildman–Crippen MR) is 81.0 cm³/mol. The molecule has 0 fully saturated rings. The number of nitrogens with two attached hydrogens (primary N) is 1. The van der Waals surface area contributed by atoms with Gasteiger partial charge < -0.3 is 10.6 Å². The van der Waals surface area contributed by atoms with Crippen LogP contribution in [0.25, 0.3) is 0 Å². The van der Waals surface area contributed by atoms with Gasteiger partial charge in [0.25, 0.3) is 0 Å². The minimum atomic E-state index is -0.188. The zero-order chi connectivity index (χ0) is 14.5. The minimum Gasteiger partial charge on any atom is -0.359 e. The first kappa shape index (κ1) is 14.9. The molecular formula is C14H16BrFN4. The Hall–Kier alpha value is -1.53. The quantitative estimate of drug-likeness (QED) is 0.910. The third-order valence-corrected chi connectivity index (χ3v) is 3.48. The van der Waals surface area contributed by atoms with E-state index in [1.807, 2.05) is 18.0 Å². The second-order valence-corrected chi connectivity index (χ2v) is 5.36. The largest absolute Gasteiger partial charge is 0.359 e. The molecule has 0 aliphatic carbocycles. The molecule has 2 rings (SSSR count). The van der Waals surface area contributed by atoms with E-state index < -0.39 is 0 Å². The minimum absolute atomic E-state index is 0.188. The van der Waals surface area contributed by atoms with Crippen molar-refractivity contribution in [1.82, 2.24) is 9.97 Å². The molecular weight excluding hydrogens is 323 g/mol. The van der Waals surface area contributed by atoms with Gasteiger partial charge in [-0.3, -0.25) is 0 Å². The fourth-order valence-electron chi connectivity index (χ4n) is 1.84. The van der Waals surface area contributed by atoms with Crippen molar-refractivity contribution in [2.24, 2.45) is 5.73 Å². The van der Waals surface area contributed by atoms with Gasteiger partial charge >= 0.3 is 0 Å². The number of rotatable bonds is 5. The summed E-state index contributed by atoms with van der Waals surface area (Å²) in [4.78, 5) is 10.3. The van der Waals surface area contributed by atoms with E-state index in [0.29, 0.717) is 30.9 Å². The van der Waals surface area contributed by atoms with Gasteiger partial charge in [-0.1, -0.05) is 15.9 Å². The van der Waals surface area contributed by atoms with Gasteiger partial charge in [0, 0.05) is 24.3 Å². The highest BCUT2D eigenvalue weighted by atomic mass is 79.9. The molecule has 0 atom stereocenters. The summed E-state index contributed by atoms with van der Waals surface area (Å²) < 4.78 is 14.5.